The van der Waals surface area contributed by atoms with Gasteiger partial charge < -0.3 is 15.8 Å². The number of anilines is 1. The van der Waals surface area contributed by atoms with Gasteiger partial charge in [0.1, 0.15) is 5.75 Å². The number of para-hydroxylation sites is 2. The highest BCUT2D eigenvalue weighted by Crippen LogP contribution is 2.23. The molecule has 0 bridgehead atoms. The van der Waals surface area contributed by atoms with Gasteiger partial charge in [0.05, 0.1) is 25.5 Å². The molecule has 1 heterocycles. The molecule has 7 nitrogen and oxygen atoms in total. The summed E-state index contributed by atoms with van der Waals surface area (Å²) >= 11 is 0. The second-order valence-electron chi connectivity index (χ2n) is 3.81. The fourth-order valence-corrected chi connectivity index (χ4v) is 1.58. The first-order valence-electron chi connectivity index (χ1n) is 5.79. The standard InChI is InChI=1S/C12H15N5O2/c1-19-11-5-3-2-4-9(11)14-12(18)10-8-17(7-6-13)16-15-10/h2-5,8H,6-7,13H2,1H3,(H,14,18). The monoisotopic (exact) mass is 261 g/mol. The molecule has 1 aromatic heterocycles. The maximum Gasteiger partial charge on any atom is 0.277 e. The van der Waals surface area contributed by atoms with E-state index in [1.807, 2.05) is 12.1 Å². The van der Waals surface area contributed by atoms with E-state index in [0.717, 1.165) is 0 Å². The van der Waals surface area contributed by atoms with Crippen LogP contribution in [0.1, 0.15) is 10.5 Å². The number of rotatable bonds is 5. The minimum Gasteiger partial charge on any atom is -0.495 e. The number of ether oxygens (including phenoxy) is 1. The highest BCUT2D eigenvalue weighted by Gasteiger charge is 2.12. The zero-order chi connectivity index (χ0) is 13.7. The average molecular weight is 261 g/mol. The number of nitrogens with one attached hydrogen (secondary N) is 1. The smallest absolute Gasteiger partial charge is 0.277 e. The SMILES string of the molecule is COc1ccccc1NC(=O)c1cn(CCN)nn1. The largest absolute Gasteiger partial charge is 0.495 e. The Labute approximate surface area is 110 Å². The minimum atomic E-state index is -0.340. The zero-order valence-corrected chi connectivity index (χ0v) is 10.5. The van der Waals surface area contributed by atoms with Gasteiger partial charge in [-0.05, 0) is 12.1 Å². The van der Waals surface area contributed by atoms with E-state index in [4.69, 9.17) is 10.5 Å². The summed E-state index contributed by atoms with van der Waals surface area (Å²) in [6.07, 6.45) is 1.55. The van der Waals surface area contributed by atoms with E-state index in [-0.39, 0.29) is 11.6 Å². The first kappa shape index (κ1) is 13.0. The maximum absolute atomic E-state index is 12.0. The van der Waals surface area contributed by atoms with E-state index in [9.17, 15) is 4.79 Å². The number of aromatic nitrogens is 3. The summed E-state index contributed by atoms with van der Waals surface area (Å²) in [4.78, 5) is 12.0. The Bertz CT molecular complexity index is 567. The predicted molar refractivity (Wildman–Crippen MR) is 70.0 cm³/mol. The molecule has 0 atom stereocenters. The van der Waals surface area contributed by atoms with Gasteiger partial charge in [0.25, 0.3) is 5.91 Å². The summed E-state index contributed by atoms with van der Waals surface area (Å²) in [5.41, 5.74) is 6.22. The van der Waals surface area contributed by atoms with E-state index < -0.39 is 0 Å². The van der Waals surface area contributed by atoms with Crippen molar-refractivity contribution in [1.29, 1.82) is 0 Å². The number of nitrogens with two attached hydrogens (primary N) is 1. The van der Waals surface area contributed by atoms with Crippen molar-refractivity contribution in [2.24, 2.45) is 5.73 Å². The van der Waals surface area contributed by atoms with Crippen LogP contribution >= 0.6 is 0 Å². The summed E-state index contributed by atoms with van der Waals surface area (Å²) in [6.45, 7) is 0.964. The molecule has 0 fully saturated rings. The highest BCUT2D eigenvalue weighted by molar-refractivity contribution is 6.03. The molecule has 0 radical (unpaired) electrons. The Morgan fingerprint density at radius 3 is 3.00 bits per heavy atom. The van der Waals surface area contributed by atoms with Crippen LogP contribution < -0.4 is 15.8 Å². The lowest BCUT2D eigenvalue weighted by atomic mass is 10.3. The highest BCUT2D eigenvalue weighted by atomic mass is 16.5. The number of nitrogens with zero attached hydrogens (tertiary/aromatic N) is 3. The van der Waals surface area contributed by atoms with Crippen LogP contribution in [0.2, 0.25) is 0 Å². The van der Waals surface area contributed by atoms with Crippen LogP contribution in [0, 0.1) is 0 Å². The van der Waals surface area contributed by atoms with Gasteiger partial charge in [0.2, 0.25) is 0 Å². The number of methoxy groups -OCH3 is 1. The van der Waals surface area contributed by atoms with Crippen molar-refractivity contribution in [3.05, 3.63) is 36.2 Å². The Morgan fingerprint density at radius 1 is 1.47 bits per heavy atom. The van der Waals surface area contributed by atoms with Crippen LogP contribution in [-0.4, -0.2) is 34.6 Å². The molecule has 1 aromatic carbocycles. The number of carbonyl (C=O) groups excluding carboxylic acids is 1. The molecule has 0 saturated heterocycles. The molecule has 0 unspecified atom stereocenters. The molecule has 0 aliphatic heterocycles. The molecule has 0 aliphatic rings. The summed E-state index contributed by atoms with van der Waals surface area (Å²) in [5.74, 6) is 0.248. The van der Waals surface area contributed by atoms with Gasteiger partial charge in [-0.1, -0.05) is 17.3 Å². The molecule has 2 aromatic rings. The van der Waals surface area contributed by atoms with Gasteiger partial charge in [0, 0.05) is 6.54 Å². The molecule has 7 heteroatoms. The third-order valence-electron chi connectivity index (χ3n) is 2.48. The second kappa shape index (κ2) is 5.96. The molecule has 0 aliphatic carbocycles. The molecule has 19 heavy (non-hydrogen) atoms. The lowest BCUT2D eigenvalue weighted by molar-refractivity contribution is 0.102. The quantitative estimate of drug-likeness (QED) is 0.817. The topological polar surface area (TPSA) is 95.1 Å². The molecule has 3 N–H and O–H groups in total. The summed E-state index contributed by atoms with van der Waals surface area (Å²) in [7, 11) is 1.54. The van der Waals surface area contributed by atoms with Crippen molar-refractivity contribution in [2.75, 3.05) is 19.0 Å². The molecule has 0 saturated carbocycles. The summed E-state index contributed by atoms with van der Waals surface area (Å²) in [6, 6.07) is 7.15. The van der Waals surface area contributed by atoms with Crippen molar-refractivity contribution >= 4 is 11.6 Å². The summed E-state index contributed by atoms with van der Waals surface area (Å²) < 4.78 is 6.68. The first-order chi connectivity index (χ1) is 9.24. The average Bonchev–Trinajstić information content (AvgIpc) is 2.88. The van der Waals surface area contributed by atoms with Crippen molar-refractivity contribution in [3.8, 4) is 5.75 Å². The number of hydrogen-bond donors (Lipinski definition) is 2. The van der Waals surface area contributed by atoms with Crippen molar-refractivity contribution in [1.82, 2.24) is 15.0 Å². The zero-order valence-electron chi connectivity index (χ0n) is 10.5. The summed E-state index contributed by atoms with van der Waals surface area (Å²) in [5, 5.41) is 10.3. The Balaban J connectivity index is 2.11. The number of benzene rings is 1. The molecular formula is C12H15N5O2. The number of amides is 1. The normalized spacial score (nSPS) is 10.2. The van der Waals surface area contributed by atoms with Crippen molar-refractivity contribution in [3.63, 3.8) is 0 Å². The molecule has 0 spiro atoms. The Morgan fingerprint density at radius 2 is 2.26 bits per heavy atom. The lowest BCUT2D eigenvalue weighted by Crippen LogP contribution is -2.13. The van der Waals surface area contributed by atoms with Gasteiger partial charge in [-0.2, -0.15) is 0 Å². The van der Waals surface area contributed by atoms with Gasteiger partial charge in [-0.15, -0.1) is 5.10 Å². The van der Waals surface area contributed by atoms with E-state index in [2.05, 4.69) is 15.6 Å². The lowest BCUT2D eigenvalue weighted by Gasteiger charge is -2.08. The van der Waals surface area contributed by atoms with Crippen molar-refractivity contribution < 1.29 is 9.53 Å². The van der Waals surface area contributed by atoms with E-state index >= 15 is 0 Å². The van der Waals surface area contributed by atoms with Crippen LogP contribution in [0.25, 0.3) is 0 Å². The molecular weight excluding hydrogens is 246 g/mol. The molecule has 1 amide bonds. The predicted octanol–water partition coefficient (Wildman–Crippen LogP) is 0.498. The molecule has 100 valence electrons. The molecule has 2 rings (SSSR count). The van der Waals surface area contributed by atoms with Gasteiger partial charge in [0.15, 0.2) is 5.69 Å². The van der Waals surface area contributed by atoms with Gasteiger partial charge >= 0.3 is 0 Å². The minimum absolute atomic E-state index is 0.236. The van der Waals surface area contributed by atoms with Crippen molar-refractivity contribution in [2.45, 2.75) is 6.54 Å². The second-order valence-corrected chi connectivity index (χ2v) is 3.81. The van der Waals surface area contributed by atoms with E-state index in [0.29, 0.717) is 24.5 Å². The Kier molecular flexibility index (Phi) is 4.09. The van der Waals surface area contributed by atoms with Crippen LogP contribution in [0.5, 0.6) is 5.75 Å². The van der Waals surface area contributed by atoms with Crippen LogP contribution in [0.3, 0.4) is 0 Å². The fraction of sp³-hybridized carbons (Fsp3) is 0.250. The maximum atomic E-state index is 12.0. The number of carbonyl (C=O) groups is 1. The van der Waals surface area contributed by atoms with Gasteiger partial charge in [-0.25, -0.2) is 0 Å². The fourth-order valence-electron chi connectivity index (χ4n) is 1.58. The first-order valence-corrected chi connectivity index (χ1v) is 5.79. The van der Waals surface area contributed by atoms with Crippen LogP contribution in [0.15, 0.2) is 30.5 Å². The van der Waals surface area contributed by atoms with Crippen LogP contribution in [0.4, 0.5) is 5.69 Å². The van der Waals surface area contributed by atoms with E-state index in [1.165, 1.54) is 4.68 Å². The Hall–Kier alpha value is -2.41. The third-order valence-corrected chi connectivity index (χ3v) is 2.48. The number of hydrogen-bond acceptors (Lipinski definition) is 5. The third kappa shape index (κ3) is 3.08. The van der Waals surface area contributed by atoms with Crippen LogP contribution in [-0.2, 0) is 6.54 Å². The van der Waals surface area contributed by atoms with Gasteiger partial charge in [-0.3, -0.25) is 9.48 Å². The van der Waals surface area contributed by atoms with E-state index in [1.54, 1.807) is 25.4 Å².